The Bertz CT molecular complexity index is 1640. The second-order valence-corrected chi connectivity index (χ2v) is 15.0. The molecule has 0 amide bonds. The van der Waals surface area contributed by atoms with Gasteiger partial charge in [0.25, 0.3) is 0 Å². The van der Waals surface area contributed by atoms with Gasteiger partial charge in [-0.1, -0.05) is 127 Å². The van der Waals surface area contributed by atoms with E-state index >= 15 is 0 Å². The molecular formula is C40H50CaO8S2. The van der Waals surface area contributed by atoms with Crippen molar-refractivity contribution in [2.75, 3.05) is 0 Å². The van der Waals surface area contributed by atoms with Crippen LogP contribution in [0.2, 0.25) is 0 Å². The number of ether oxygens (including phenoxy) is 2. The molecule has 0 heterocycles. The number of aryl methyl sites for hydroxylation is 2. The van der Waals surface area contributed by atoms with Gasteiger partial charge in [0, 0.05) is 0 Å². The van der Waals surface area contributed by atoms with Gasteiger partial charge in [-0.2, -0.15) is 0 Å². The van der Waals surface area contributed by atoms with Crippen molar-refractivity contribution in [3.8, 4) is 23.0 Å². The van der Waals surface area contributed by atoms with Gasteiger partial charge in [-0.3, -0.25) is 0 Å². The van der Waals surface area contributed by atoms with Crippen molar-refractivity contribution in [2.24, 2.45) is 0 Å². The van der Waals surface area contributed by atoms with Gasteiger partial charge in [0.1, 0.15) is 43.2 Å². The molecule has 0 saturated carbocycles. The molecule has 0 aliphatic heterocycles. The van der Waals surface area contributed by atoms with Crippen LogP contribution in [-0.2, 0) is 33.1 Å². The molecule has 11 heteroatoms. The maximum Gasteiger partial charge on any atom is 2.00 e. The third-order valence-corrected chi connectivity index (χ3v) is 9.93. The number of benzene rings is 4. The van der Waals surface area contributed by atoms with Crippen LogP contribution in [0.1, 0.15) is 102 Å². The Balaban J connectivity index is 0.000000347. The summed E-state index contributed by atoms with van der Waals surface area (Å²) in [5.41, 5.74) is 2.46. The van der Waals surface area contributed by atoms with Crippen LogP contribution in [0.15, 0.2) is 107 Å². The molecule has 0 aliphatic rings. The Morgan fingerprint density at radius 1 is 0.451 bits per heavy atom. The first kappa shape index (κ1) is 44.7. The van der Waals surface area contributed by atoms with E-state index in [0.29, 0.717) is 11.5 Å². The summed E-state index contributed by atoms with van der Waals surface area (Å²) in [6.07, 6.45) is 17.2. The molecule has 0 unspecified atom stereocenters. The minimum absolute atomic E-state index is 0. The Labute approximate surface area is 335 Å². The van der Waals surface area contributed by atoms with Gasteiger partial charge in [0.05, 0.1) is 9.79 Å². The standard InChI is InChI=1S/2C20H26O4S.Ca/c2*1-2-3-4-5-6-7-10-17-13-15-18(16-14-17)24-19-11-8-9-12-20(19)25(21,22)23;/h2*8-9,11-16H,2-7,10H2,1H3,(H,21,22,23);/q;;+2/p-2. The molecule has 0 radical (unpaired) electrons. The first-order chi connectivity index (χ1) is 24.0. The van der Waals surface area contributed by atoms with E-state index in [1.807, 2.05) is 24.3 Å². The molecule has 4 rings (SSSR count). The van der Waals surface area contributed by atoms with Crippen LogP contribution in [0.25, 0.3) is 0 Å². The summed E-state index contributed by atoms with van der Waals surface area (Å²) in [6, 6.07) is 26.9. The van der Waals surface area contributed by atoms with Gasteiger partial charge in [0.15, 0.2) is 0 Å². The summed E-state index contributed by atoms with van der Waals surface area (Å²) >= 11 is 0. The molecule has 0 spiro atoms. The monoisotopic (exact) mass is 762 g/mol. The zero-order valence-corrected chi connectivity index (χ0v) is 33.8. The fourth-order valence-electron chi connectivity index (χ4n) is 5.40. The summed E-state index contributed by atoms with van der Waals surface area (Å²) in [5.74, 6) is 1.15. The SMILES string of the molecule is CCCCCCCCc1ccc(Oc2ccccc2S(=O)(=O)[O-])cc1.CCCCCCCCc1ccc(Oc2ccccc2S(=O)(=O)[O-])cc1.[Ca+2]. The van der Waals surface area contributed by atoms with Crippen molar-refractivity contribution >= 4 is 58.0 Å². The zero-order valence-electron chi connectivity index (χ0n) is 29.9. The number of hydrogen-bond donors (Lipinski definition) is 0. The van der Waals surface area contributed by atoms with Gasteiger partial charge < -0.3 is 18.6 Å². The Kier molecular flexibility index (Phi) is 21.0. The van der Waals surface area contributed by atoms with Crippen molar-refractivity contribution in [1.29, 1.82) is 0 Å². The van der Waals surface area contributed by atoms with Crippen molar-refractivity contribution < 1.29 is 35.4 Å². The average Bonchev–Trinajstić information content (AvgIpc) is 3.09. The van der Waals surface area contributed by atoms with Crippen molar-refractivity contribution in [3.63, 3.8) is 0 Å². The molecule has 0 aliphatic carbocycles. The molecule has 0 N–H and O–H groups in total. The van der Waals surface area contributed by atoms with E-state index in [4.69, 9.17) is 9.47 Å². The largest absolute Gasteiger partial charge is 2.00 e. The molecule has 51 heavy (non-hydrogen) atoms. The molecule has 0 saturated heterocycles. The summed E-state index contributed by atoms with van der Waals surface area (Å²) in [6.45, 7) is 4.43. The van der Waals surface area contributed by atoms with Crippen molar-refractivity contribution in [2.45, 2.75) is 114 Å². The molecule has 0 atom stereocenters. The van der Waals surface area contributed by atoms with Crippen LogP contribution >= 0.6 is 0 Å². The molecular weight excluding hydrogens is 713 g/mol. The summed E-state index contributed by atoms with van der Waals surface area (Å²) < 4.78 is 78.8. The Morgan fingerprint density at radius 2 is 0.765 bits per heavy atom. The van der Waals surface area contributed by atoms with Crippen LogP contribution in [0.3, 0.4) is 0 Å². The predicted molar refractivity (Wildman–Crippen MR) is 202 cm³/mol. The topological polar surface area (TPSA) is 133 Å². The van der Waals surface area contributed by atoms with Gasteiger partial charge in [-0.25, -0.2) is 16.8 Å². The molecule has 0 aromatic heterocycles. The molecule has 4 aromatic carbocycles. The van der Waals surface area contributed by atoms with Crippen LogP contribution in [0.5, 0.6) is 23.0 Å². The first-order valence-electron chi connectivity index (χ1n) is 17.6. The van der Waals surface area contributed by atoms with Crippen LogP contribution in [0, 0.1) is 0 Å². The fourth-order valence-corrected chi connectivity index (χ4v) is 6.61. The van der Waals surface area contributed by atoms with E-state index in [0.717, 1.165) is 12.8 Å². The van der Waals surface area contributed by atoms with E-state index in [9.17, 15) is 25.9 Å². The third-order valence-electron chi connectivity index (χ3n) is 8.18. The van der Waals surface area contributed by atoms with E-state index in [2.05, 4.69) is 13.8 Å². The minimum Gasteiger partial charge on any atom is -0.744 e. The molecule has 0 bridgehead atoms. The zero-order chi connectivity index (χ0) is 36.2. The summed E-state index contributed by atoms with van der Waals surface area (Å²) in [4.78, 5) is -0.683. The molecule has 8 nitrogen and oxygen atoms in total. The van der Waals surface area contributed by atoms with E-state index in [1.54, 1.807) is 36.4 Å². The van der Waals surface area contributed by atoms with Gasteiger partial charge in [-0.05, 0) is 85.3 Å². The number of unbranched alkanes of at least 4 members (excludes halogenated alkanes) is 10. The maximum atomic E-state index is 11.3. The number of rotatable bonds is 20. The Hall–Kier alpha value is -2.44. The second kappa shape index (κ2) is 24.0. The quantitative estimate of drug-likeness (QED) is 0.0494. The molecule has 0 fully saturated rings. The third kappa shape index (κ3) is 17.3. The van der Waals surface area contributed by atoms with Crippen LogP contribution in [-0.4, -0.2) is 63.7 Å². The van der Waals surface area contributed by atoms with Gasteiger partial charge in [-0.15, -0.1) is 0 Å². The normalized spacial score (nSPS) is 11.2. The van der Waals surface area contributed by atoms with E-state index in [1.165, 1.54) is 125 Å². The minimum atomic E-state index is -4.56. The first-order valence-corrected chi connectivity index (χ1v) is 20.5. The number of hydrogen-bond acceptors (Lipinski definition) is 8. The van der Waals surface area contributed by atoms with Crippen LogP contribution in [0.4, 0.5) is 0 Å². The fraction of sp³-hybridized carbons (Fsp3) is 0.400. The average molecular weight is 763 g/mol. The smallest absolute Gasteiger partial charge is 0.744 e. The summed E-state index contributed by atoms with van der Waals surface area (Å²) in [7, 11) is -9.12. The molecule has 4 aromatic rings. The van der Waals surface area contributed by atoms with Gasteiger partial charge >= 0.3 is 37.7 Å². The Morgan fingerprint density at radius 3 is 1.10 bits per heavy atom. The molecule has 272 valence electrons. The van der Waals surface area contributed by atoms with Gasteiger partial charge in [0.2, 0.25) is 0 Å². The summed E-state index contributed by atoms with van der Waals surface area (Å²) in [5, 5.41) is 0. The second-order valence-electron chi connectivity index (χ2n) is 12.3. The van der Waals surface area contributed by atoms with E-state index in [-0.39, 0.29) is 59.0 Å². The predicted octanol–water partition coefficient (Wildman–Crippen LogP) is 10.2. The van der Waals surface area contributed by atoms with Crippen LogP contribution < -0.4 is 9.47 Å². The van der Waals surface area contributed by atoms with Crippen molar-refractivity contribution in [3.05, 3.63) is 108 Å². The van der Waals surface area contributed by atoms with Crippen molar-refractivity contribution in [1.82, 2.24) is 0 Å². The van der Waals surface area contributed by atoms with E-state index < -0.39 is 20.2 Å². The maximum absolute atomic E-state index is 11.3. The number of para-hydroxylation sites is 2.